The van der Waals surface area contributed by atoms with Crippen LogP contribution in [0.3, 0.4) is 0 Å². The minimum absolute atomic E-state index is 0.0943. The maximum absolute atomic E-state index is 13.4. The molecule has 0 unspecified atom stereocenters. The monoisotopic (exact) mass is 500 g/mol. The third-order valence-corrected chi connectivity index (χ3v) is 6.25. The minimum atomic E-state index is -0.126. The summed E-state index contributed by atoms with van der Waals surface area (Å²) in [5.74, 6) is 1.22. The van der Waals surface area contributed by atoms with Crippen LogP contribution < -0.4 is 15.0 Å². The van der Waals surface area contributed by atoms with Crippen molar-refractivity contribution in [2.45, 2.75) is 6.42 Å². The van der Waals surface area contributed by atoms with Crippen molar-refractivity contribution in [1.29, 1.82) is 0 Å². The van der Waals surface area contributed by atoms with Gasteiger partial charge in [0, 0.05) is 29.9 Å². The van der Waals surface area contributed by atoms with Gasteiger partial charge in [-0.05, 0) is 77.9 Å². The van der Waals surface area contributed by atoms with Crippen molar-refractivity contribution >= 4 is 28.3 Å². The predicted octanol–water partition coefficient (Wildman–Crippen LogP) is 7.10. The fourth-order valence-electron chi connectivity index (χ4n) is 4.27. The normalized spacial score (nSPS) is 10.6. The first-order chi connectivity index (χ1) is 18.7. The summed E-state index contributed by atoms with van der Waals surface area (Å²) >= 11 is 0. The number of para-hydroxylation sites is 1. The van der Waals surface area contributed by atoms with Crippen LogP contribution in [0.1, 0.15) is 27.1 Å². The fourth-order valence-corrected chi connectivity index (χ4v) is 4.27. The molecular weight excluding hydrogens is 472 g/mol. The van der Waals surface area contributed by atoms with Crippen LogP contribution in [0.2, 0.25) is 0 Å². The molecule has 0 radical (unpaired) electrons. The Morgan fingerprint density at radius 1 is 0.632 bits per heavy atom. The number of nitrogens with one attached hydrogen (secondary N) is 1. The summed E-state index contributed by atoms with van der Waals surface area (Å²) in [5, 5.41) is 5.11. The number of hydrogen-bond acceptors (Lipinski definition) is 3. The Bertz CT molecular complexity index is 1520. The maximum Gasteiger partial charge on any atom is 0.258 e. The molecule has 5 heteroatoms. The van der Waals surface area contributed by atoms with Gasteiger partial charge in [0.15, 0.2) is 0 Å². The maximum atomic E-state index is 13.4. The van der Waals surface area contributed by atoms with Crippen molar-refractivity contribution in [3.8, 4) is 11.5 Å². The van der Waals surface area contributed by atoms with Gasteiger partial charge in [-0.25, -0.2) is 0 Å². The summed E-state index contributed by atoms with van der Waals surface area (Å²) in [6, 6.07) is 39.9. The number of amides is 2. The zero-order valence-corrected chi connectivity index (χ0v) is 20.9. The lowest BCUT2D eigenvalue weighted by atomic mass is 10.1. The van der Waals surface area contributed by atoms with Gasteiger partial charge in [-0.1, -0.05) is 66.7 Å². The number of nitrogens with zero attached hydrogens (tertiary/aromatic N) is 1. The smallest absolute Gasteiger partial charge is 0.258 e. The number of ether oxygens (including phenoxy) is 1. The molecule has 1 N–H and O–H groups in total. The van der Waals surface area contributed by atoms with Gasteiger partial charge in [-0.15, -0.1) is 0 Å². The lowest BCUT2D eigenvalue weighted by Gasteiger charge is -2.23. The van der Waals surface area contributed by atoms with E-state index in [0.29, 0.717) is 36.4 Å². The van der Waals surface area contributed by atoms with Crippen molar-refractivity contribution in [3.05, 3.63) is 139 Å². The zero-order valence-electron chi connectivity index (χ0n) is 20.9. The van der Waals surface area contributed by atoms with Crippen molar-refractivity contribution in [2.75, 3.05) is 18.0 Å². The highest BCUT2D eigenvalue weighted by Gasteiger charge is 2.18. The Morgan fingerprint density at radius 3 is 2.00 bits per heavy atom. The molecule has 5 aromatic rings. The van der Waals surface area contributed by atoms with E-state index in [2.05, 4.69) is 5.32 Å². The van der Waals surface area contributed by atoms with Crippen LogP contribution in [-0.2, 0) is 0 Å². The summed E-state index contributed by atoms with van der Waals surface area (Å²) < 4.78 is 5.90. The van der Waals surface area contributed by atoms with Crippen LogP contribution in [0.4, 0.5) is 5.69 Å². The second kappa shape index (κ2) is 11.9. The van der Waals surface area contributed by atoms with Gasteiger partial charge in [0.25, 0.3) is 11.8 Å². The van der Waals surface area contributed by atoms with Crippen LogP contribution in [0, 0.1) is 0 Å². The van der Waals surface area contributed by atoms with Gasteiger partial charge in [0.1, 0.15) is 11.5 Å². The summed E-state index contributed by atoms with van der Waals surface area (Å²) in [4.78, 5) is 27.9. The van der Waals surface area contributed by atoms with Gasteiger partial charge in [0.2, 0.25) is 0 Å². The molecule has 0 aliphatic rings. The van der Waals surface area contributed by atoms with E-state index >= 15 is 0 Å². The van der Waals surface area contributed by atoms with E-state index in [1.165, 1.54) is 0 Å². The number of hydrogen-bond donors (Lipinski definition) is 1. The molecule has 5 aromatic carbocycles. The first-order valence-corrected chi connectivity index (χ1v) is 12.6. The Labute approximate surface area is 222 Å². The van der Waals surface area contributed by atoms with E-state index in [0.717, 1.165) is 22.2 Å². The Kier molecular flexibility index (Phi) is 7.75. The molecule has 0 heterocycles. The summed E-state index contributed by atoms with van der Waals surface area (Å²) in [7, 11) is 0. The van der Waals surface area contributed by atoms with Gasteiger partial charge in [-0.3, -0.25) is 9.59 Å². The highest BCUT2D eigenvalue weighted by atomic mass is 16.5. The predicted molar refractivity (Wildman–Crippen MR) is 152 cm³/mol. The first kappa shape index (κ1) is 24.8. The third kappa shape index (κ3) is 6.08. The molecule has 0 spiro atoms. The standard InChI is InChI=1S/C33H28N2O3/c36-32(28-17-16-25-10-7-8-13-27(25)24-28)34-22-9-23-35(33(37)26-11-3-1-4-12-26)29-18-20-31(21-19-29)38-30-14-5-2-6-15-30/h1-8,10-21,24H,9,22-23H2,(H,34,36). The molecule has 2 amide bonds. The number of carbonyl (C=O) groups excluding carboxylic acids is 2. The minimum Gasteiger partial charge on any atom is -0.457 e. The third-order valence-electron chi connectivity index (χ3n) is 6.25. The van der Waals surface area contributed by atoms with Gasteiger partial charge in [-0.2, -0.15) is 0 Å². The Balaban J connectivity index is 1.25. The molecule has 5 rings (SSSR count). The van der Waals surface area contributed by atoms with Crippen LogP contribution >= 0.6 is 0 Å². The van der Waals surface area contributed by atoms with Crippen molar-refractivity contribution in [2.24, 2.45) is 0 Å². The van der Waals surface area contributed by atoms with Crippen molar-refractivity contribution in [1.82, 2.24) is 5.32 Å². The molecule has 0 aromatic heterocycles. The summed E-state index contributed by atoms with van der Waals surface area (Å²) in [6.45, 7) is 0.893. The summed E-state index contributed by atoms with van der Waals surface area (Å²) in [5.41, 5.74) is 1.99. The molecule has 0 saturated heterocycles. The lowest BCUT2D eigenvalue weighted by Crippen LogP contribution is -2.34. The molecule has 0 bridgehead atoms. The van der Waals surface area contributed by atoms with E-state index in [4.69, 9.17) is 4.74 Å². The van der Waals surface area contributed by atoms with Gasteiger partial charge >= 0.3 is 0 Å². The molecule has 0 aliphatic carbocycles. The van der Waals surface area contributed by atoms with Gasteiger partial charge in [0.05, 0.1) is 0 Å². The second-order valence-electron chi connectivity index (χ2n) is 8.90. The Morgan fingerprint density at radius 2 is 1.26 bits per heavy atom. The molecule has 5 nitrogen and oxygen atoms in total. The quantitative estimate of drug-likeness (QED) is 0.220. The second-order valence-corrected chi connectivity index (χ2v) is 8.90. The highest BCUT2D eigenvalue weighted by Crippen LogP contribution is 2.25. The molecule has 188 valence electrons. The number of anilines is 1. The SMILES string of the molecule is O=C(NCCCN(C(=O)c1ccccc1)c1ccc(Oc2ccccc2)cc1)c1ccc2ccccc2c1. The number of rotatable bonds is 9. The molecule has 0 atom stereocenters. The van der Waals surface area contributed by atoms with E-state index in [9.17, 15) is 9.59 Å². The number of benzene rings is 5. The van der Waals surface area contributed by atoms with E-state index < -0.39 is 0 Å². The number of fused-ring (bicyclic) bond motifs is 1. The first-order valence-electron chi connectivity index (χ1n) is 12.6. The van der Waals surface area contributed by atoms with Crippen LogP contribution in [0.15, 0.2) is 127 Å². The topological polar surface area (TPSA) is 58.6 Å². The van der Waals surface area contributed by atoms with Crippen molar-refractivity contribution < 1.29 is 14.3 Å². The average molecular weight is 501 g/mol. The molecule has 0 aliphatic heterocycles. The highest BCUT2D eigenvalue weighted by molar-refractivity contribution is 6.06. The number of carbonyl (C=O) groups is 2. The van der Waals surface area contributed by atoms with E-state index in [1.54, 1.807) is 4.90 Å². The average Bonchev–Trinajstić information content (AvgIpc) is 2.98. The lowest BCUT2D eigenvalue weighted by molar-refractivity contribution is 0.0953. The molecule has 0 saturated carbocycles. The molecule has 38 heavy (non-hydrogen) atoms. The zero-order chi connectivity index (χ0) is 26.2. The molecular formula is C33H28N2O3. The van der Waals surface area contributed by atoms with E-state index in [1.807, 2.05) is 127 Å². The van der Waals surface area contributed by atoms with Crippen molar-refractivity contribution in [3.63, 3.8) is 0 Å². The fraction of sp³-hybridized carbons (Fsp3) is 0.0909. The largest absolute Gasteiger partial charge is 0.457 e. The summed E-state index contributed by atoms with van der Waals surface area (Å²) in [6.07, 6.45) is 0.597. The Hall–Kier alpha value is -4.90. The van der Waals surface area contributed by atoms with Crippen LogP contribution in [0.5, 0.6) is 11.5 Å². The van der Waals surface area contributed by atoms with Crippen LogP contribution in [0.25, 0.3) is 10.8 Å². The van der Waals surface area contributed by atoms with E-state index in [-0.39, 0.29) is 11.8 Å². The van der Waals surface area contributed by atoms with Gasteiger partial charge < -0.3 is 15.0 Å². The molecule has 0 fully saturated rings. The van der Waals surface area contributed by atoms with Crippen LogP contribution in [-0.4, -0.2) is 24.9 Å².